The van der Waals surface area contributed by atoms with Crippen molar-refractivity contribution in [3.8, 4) is 0 Å². The zero-order valence-corrected chi connectivity index (χ0v) is 12.7. The molecule has 1 aliphatic heterocycles. The van der Waals surface area contributed by atoms with Gasteiger partial charge in [0.05, 0.1) is 0 Å². The van der Waals surface area contributed by atoms with Gasteiger partial charge >= 0.3 is 0 Å². The minimum Gasteiger partial charge on any atom is -0.329 e. The molecule has 2 nitrogen and oxygen atoms in total. The number of nitrogens with two attached hydrogens (primary N) is 1. The minimum atomic E-state index is 0.134. The highest BCUT2D eigenvalue weighted by Crippen LogP contribution is 2.36. The minimum absolute atomic E-state index is 0.134. The maximum atomic E-state index is 6.19. The van der Waals surface area contributed by atoms with Crippen LogP contribution in [0.2, 0.25) is 0 Å². The molecule has 1 aromatic carbocycles. The normalized spacial score (nSPS) is 22.3. The fourth-order valence-electron chi connectivity index (χ4n) is 3.30. The summed E-state index contributed by atoms with van der Waals surface area (Å²) in [6, 6.07) is 10.8. The van der Waals surface area contributed by atoms with Crippen molar-refractivity contribution in [2.75, 3.05) is 19.6 Å². The summed E-state index contributed by atoms with van der Waals surface area (Å²) in [4.78, 5) is 2.64. The van der Waals surface area contributed by atoms with E-state index in [0.29, 0.717) is 5.41 Å². The van der Waals surface area contributed by atoms with E-state index in [1.165, 1.54) is 25.1 Å². The Labute approximate surface area is 118 Å². The number of nitrogens with zero attached hydrogens (tertiary/aromatic N) is 1. The van der Waals surface area contributed by atoms with Crippen molar-refractivity contribution in [2.24, 2.45) is 11.1 Å². The van der Waals surface area contributed by atoms with Crippen molar-refractivity contribution in [3.63, 3.8) is 0 Å². The first kappa shape index (κ1) is 14.5. The van der Waals surface area contributed by atoms with Crippen molar-refractivity contribution in [3.05, 3.63) is 35.9 Å². The molecule has 0 aromatic heterocycles. The van der Waals surface area contributed by atoms with Crippen LogP contribution in [0, 0.1) is 5.41 Å². The second kappa shape index (κ2) is 5.64. The first-order chi connectivity index (χ1) is 9.01. The van der Waals surface area contributed by atoms with Crippen LogP contribution < -0.4 is 5.73 Å². The fourth-order valence-corrected chi connectivity index (χ4v) is 3.30. The first-order valence-electron chi connectivity index (χ1n) is 7.50. The number of likely N-dealkylation sites (tertiary alicyclic amines) is 1. The second-order valence-corrected chi connectivity index (χ2v) is 6.78. The van der Waals surface area contributed by atoms with Gasteiger partial charge in [-0.1, -0.05) is 51.1 Å². The van der Waals surface area contributed by atoms with Gasteiger partial charge < -0.3 is 5.73 Å². The zero-order valence-electron chi connectivity index (χ0n) is 12.7. The quantitative estimate of drug-likeness (QED) is 0.881. The van der Waals surface area contributed by atoms with Crippen LogP contribution in [-0.2, 0) is 6.42 Å². The van der Waals surface area contributed by atoms with Gasteiger partial charge in [0.2, 0.25) is 0 Å². The SMILES string of the molecule is CCC(CN)(Cc1ccccc1)N1CCC(C)(C)C1. The standard InChI is InChI=1S/C17H28N2/c1-4-17(13-18,12-15-8-6-5-7-9-15)19-11-10-16(2,3)14-19/h5-9H,4,10-14,18H2,1-3H3. The Kier molecular flexibility index (Phi) is 4.32. The third-order valence-corrected chi connectivity index (χ3v) is 4.76. The lowest BCUT2D eigenvalue weighted by atomic mass is 9.86. The Bertz CT molecular complexity index is 393. The van der Waals surface area contributed by atoms with E-state index in [4.69, 9.17) is 5.73 Å². The summed E-state index contributed by atoms with van der Waals surface area (Å²) < 4.78 is 0. The first-order valence-corrected chi connectivity index (χ1v) is 7.50. The monoisotopic (exact) mass is 260 g/mol. The van der Waals surface area contributed by atoms with Crippen molar-refractivity contribution in [1.29, 1.82) is 0 Å². The Morgan fingerprint density at radius 2 is 1.95 bits per heavy atom. The number of benzene rings is 1. The Balaban J connectivity index is 2.18. The van der Waals surface area contributed by atoms with Crippen LogP contribution in [0.25, 0.3) is 0 Å². The van der Waals surface area contributed by atoms with E-state index >= 15 is 0 Å². The zero-order chi connectivity index (χ0) is 13.9. The van der Waals surface area contributed by atoms with E-state index in [0.717, 1.165) is 19.4 Å². The molecule has 1 aliphatic rings. The molecule has 106 valence electrons. The van der Waals surface area contributed by atoms with Crippen LogP contribution in [0.15, 0.2) is 30.3 Å². The van der Waals surface area contributed by atoms with E-state index in [1.807, 2.05) is 0 Å². The summed E-state index contributed by atoms with van der Waals surface area (Å²) in [6.45, 7) is 10.1. The maximum Gasteiger partial charge on any atom is 0.0369 e. The van der Waals surface area contributed by atoms with Gasteiger partial charge in [-0.25, -0.2) is 0 Å². The van der Waals surface area contributed by atoms with Crippen molar-refractivity contribution in [1.82, 2.24) is 4.90 Å². The van der Waals surface area contributed by atoms with Gasteiger partial charge in [0.15, 0.2) is 0 Å². The average Bonchev–Trinajstić information content (AvgIpc) is 2.78. The van der Waals surface area contributed by atoms with E-state index in [-0.39, 0.29) is 5.54 Å². The van der Waals surface area contributed by atoms with Crippen LogP contribution in [0.5, 0.6) is 0 Å². The Hall–Kier alpha value is -0.860. The van der Waals surface area contributed by atoms with E-state index < -0.39 is 0 Å². The van der Waals surface area contributed by atoms with Crippen LogP contribution in [0.4, 0.5) is 0 Å². The van der Waals surface area contributed by atoms with Crippen molar-refractivity contribution < 1.29 is 0 Å². The lowest BCUT2D eigenvalue weighted by Crippen LogP contribution is -2.54. The van der Waals surface area contributed by atoms with Gasteiger partial charge in [-0.05, 0) is 36.8 Å². The molecule has 2 heteroatoms. The van der Waals surface area contributed by atoms with Gasteiger partial charge in [-0.2, -0.15) is 0 Å². The summed E-state index contributed by atoms with van der Waals surface area (Å²) >= 11 is 0. The van der Waals surface area contributed by atoms with Gasteiger partial charge in [-0.3, -0.25) is 4.90 Å². The molecule has 1 fully saturated rings. The average molecular weight is 260 g/mol. The predicted octanol–water partition coefficient (Wildman–Crippen LogP) is 3.07. The molecule has 19 heavy (non-hydrogen) atoms. The highest BCUT2D eigenvalue weighted by atomic mass is 15.2. The molecule has 0 radical (unpaired) electrons. The molecular weight excluding hydrogens is 232 g/mol. The third kappa shape index (κ3) is 3.18. The molecule has 0 saturated carbocycles. The molecular formula is C17H28N2. The van der Waals surface area contributed by atoms with E-state index in [2.05, 4.69) is 56.0 Å². The van der Waals surface area contributed by atoms with Crippen LogP contribution >= 0.6 is 0 Å². The smallest absolute Gasteiger partial charge is 0.0369 e. The van der Waals surface area contributed by atoms with Gasteiger partial charge in [-0.15, -0.1) is 0 Å². The molecule has 1 aromatic rings. The highest BCUT2D eigenvalue weighted by molar-refractivity contribution is 5.19. The van der Waals surface area contributed by atoms with Gasteiger partial charge in [0, 0.05) is 18.6 Å². The lowest BCUT2D eigenvalue weighted by molar-refractivity contribution is 0.106. The maximum absolute atomic E-state index is 6.19. The number of hydrogen-bond acceptors (Lipinski definition) is 2. The van der Waals surface area contributed by atoms with Crippen molar-refractivity contribution in [2.45, 2.75) is 45.6 Å². The van der Waals surface area contributed by atoms with Crippen LogP contribution in [0.3, 0.4) is 0 Å². The van der Waals surface area contributed by atoms with Gasteiger partial charge in [0.25, 0.3) is 0 Å². The molecule has 0 bridgehead atoms. The molecule has 0 spiro atoms. The van der Waals surface area contributed by atoms with E-state index in [9.17, 15) is 0 Å². The van der Waals surface area contributed by atoms with Crippen LogP contribution in [-0.4, -0.2) is 30.1 Å². The summed E-state index contributed by atoms with van der Waals surface area (Å²) in [6.07, 6.45) is 3.47. The third-order valence-electron chi connectivity index (χ3n) is 4.76. The lowest BCUT2D eigenvalue weighted by Gasteiger charge is -2.41. The molecule has 1 heterocycles. The van der Waals surface area contributed by atoms with Crippen molar-refractivity contribution >= 4 is 0 Å². The number of hydrogen-bond donors (Lipinski definition) is 1. The van der Waals surface area contributed by atoms with Gasteiger partial charge in [0.1, 0.15) is 0 Å². The molecule has 2 N–H and O–H groups in total. The molecule has 1 saturated heterocycles. The number of rotatable bonds is 5. The topological polar surface area (TPSA) is 29.3 Å². The second-order valence-electron chi connectivity index (χ2n) is 6.78. The van der Waals surface area contributed by atoms with E-state index in [1.54, 1.807) is 0 Å². The molecule has 1 atom stereocenters. The molecule has 2 rings (SSSR count). The summed E-state index contributed by atoms with van der Waals surface area (Å²) in [7, 11) is 0. The summed E-state index contributed by atoms with van der Waals surface area (Å²) in [5.41, 5.74) is 8.17. The fraction of sp³-hybridized carbons (Fsp3) is 0.647. The Morgan fingerprint density at radius 3 is 2.42 bits per heavy atom. The summed E-state index contributed by atoms with van der Waals surface area (Å²) in [5.74, 6) is 0. The largest absolute Gasteiger partial charge is 0.329 e. The molecule has 0 aliphatic carbocycles. The highest BCUT2D eigenvalue weighted by Gasteiger charge is 2.41. The Morgan fingerprint density at radius 1 is 1.26 bits per heavy atom. The predicted molar refractivity (Wildman–Crippen MR) is 82.2 cm³/mol. The van der Waals surface area contributed by atoms with Crippen LogP contribution in [0.1, 0.15) is 39.2 Å². The molecule has 0 amide bonds. The molecule has 1 unspecified atom stereocenters. The summed E-state index contributed by atoms with van der Waals surface area (Å²) in [5, 5.41) is 0.